The van der Waals surface area contributed by atoms with Crippen LogP contribution in [0, 0.1) is 0 Å². The minimum atomic E-state index is 0. The summed E-state index contributed by atoms with van der Waals surface area (Å²) >= 11 is 9.30. The van der Waals surface area contributed by atoms with Crippen molar-refractivity contribution in [3.8, 4) is 0 Å². The van der Waals surface area contributed by atoms with Crippen molar-refractivity contribution in [1.82, 2.24) is 4.90 Å². The van der Waals surface area contributed by atoms with Crippen molar-refractivity contribution in [2.45, 2.75) is 12.8 Å². The predicted molar refractivity (Wildman–Crippen MR) is 40.9 cm³/mol. The number of hydrogen-bond donors (Lipinski definition) is 0. The van der Waals surface area contributed by atoms with Crippen molar-refractivity contribution in [3.05, 3.63) is 0 Å². The van der Waals surface area contributed by atoms with Gasteiger partial charge in [-0.3, -0.25) is 4.79 Å². The summed E-state index contributed by atoms with van der Waals surface area (Å²) < 4.78 is 0.289. The number of hydrogen-bond acceptors (Lipinski definition) is 3. The van der Waals surface area contributed by atoms with Gasteiger partial charge in [0, 0.05) is 13.0 Å². The van der Waals surface area contributed by atoms with Crippen molar-refractivity contribution in [2.24, 2.45) is 0 Å². The fourth-order valence-electron chi connectivity index (χ4n) is 0.841. The Labute approximate surface area is 93.0 Å². The second kappa shape index (κ2) is 4.62. The number of rotatable bonds is 0. The normalized spacial score (nSPS) is 16.8. The molecule has 50 valence electrons. The van der Waals surface area contributed by atoms with E-state index in [0.717, 1.165) is 13.0 Å². The fraction of sp³-hybridized carbons (Fsp3) is 0.600. The van der Waals surface area contributed by atoms with Gasteiger partial charge in [0.15, 0.2) is 0 Å². The first-order valence-corrected chi connectivity index (χ1v) is 3.55. The third-order valence-electron chi connectivity index (χ3n) is 1.29. The monoisotopic (exact) mass is 183 g/mol. The van der Waals surface area contributed by atoms with E-state index in [1.54, 1.807) is 0 Å². The predicted octanol–water partition coefficient (Wildman–Crippen LogP) is -2.56. The summed E-state index contributed by atoms with van der Waals surface area (Å²) in [5.74, 6) is 0.0787. The molecule has 1 heterocycles. The van der Waals surface area contributed by atoms with Gasteiger partial charge in [-0.1, -0.05) is 4.32 Å². The summed E-state index contributed by atoms with van der Waals surface area (Å²) in [6, 6.07) is 0. The van der Waals surface area contributed by atoms with Crippen molar-refractivity contribution in [2.75, 3.05) is 6.54 Å². The Morgan fingerprint density at radius 3 is 2.50 bits per heavy atom. The van der Waals surface area contributed by atoms with Gasteiger partial charge in [0.05, 0.1) is 0 Å². The molecule has 1 aliphatic heterocycles. The molecule has 5 heteroatoms. The van der Waals surface area contributed by atoms with Crippen LogP contribution in [-0.4, -0.2) is 21.7 Å². The van der Waals surface area contributed by atoms with Crippen LogP contribution in [0.2, 0.25) is 0 Å². The molecule has 0 atom stereocenters. The topological polar surface area (TPSA) is 20.3 Å². The molecule has 0 spiro atoms. The van der Waals surface area contributed by atoms with Crippen molar-refractivity contribution in [1.29, 1.82) is 0 Å². The zero-order valence-electron chi connectivity index (χ0n) is 5.79. The largest absolute Gasteiger partial charge is 1.00 e. The number of amides is 1. The molecule has 1 rings (SSSR count). The second-order valence-electron chi connectivity index (χ2n) is 1.91. The van der Waals surface area contributed by atoms with Gasteiger partial charge in [0.25, 0.3) is 0 Å². The molecule has 2 nitrogen and oxygen atoms in total. The molecule has 1 amide bonds. The van der Waals surface area contributed by atoms with E-state index in [4.69, 9.17) is 0 Å². The molecule has 1 aliphatic rings. The smallest absolute Gasteiger partial charge is 0.411 e. The molecule has 0 aromatic heterocycles. The van der Waals surface area contributed by atoms with E-state index in [1.165, 1.54) is 4.90 Å². The first kappa shape index (κ1) is 10.8. The summed E-state index contributed by atoms with van der Waals surface area (Å²) in [5.41, 5.74) is 0. The molecule has 0 radical (unpaired) electrons. The number of carbonyl (C=O) groups excluding carboxylic acids is 1. The minimum absolute atomic E-state index is 0. The summed E-state index contributed by atoms with van der Waals surface area (Å²) in [6.45, 7) is 0.723. The maximum Gasteiger partial charge on any atom is 1.00 e. The summed E-state index contributed by atoms with van der Waals surface area (Å²) in [6.07, 6.45) is 1.51. The number of nitrogens with zero attached hydrogens (tertiary/aromatic N) is 1. The molecule has 10 heavy (non-hydrogen) atoms. The molecule has 0 bridgehead atoms. The van der Waals surface area contributed by atoms with Gasteiger partial charge in [-0.05, 0) is 6.42 Å². The van der Waals surface area contributed by atoms with E-state index in [1.807, 2.05) is 0 Å². The van der Waals surface area contributed by atoms with Crippen LogP contribution in [0.4, 0.5) is 0 Å². The Hall–Kier alpha value is 0.780. The summed E-state index contributed by atoms with van der Waals surface area (Å²) in [4.78, 5) is 12.3. The molecule has 1 fully saturated rings. The van der Waals surface area contributed by atoms with Crippen LogP contribution in [0.1, 0.15) is 12.8 Å². The molecule has 0 unspecified atom stereocenters. The van der Waals surface area contributed by atoms with Crippen LogP contribution >= 0.6 is 12.2 Å². The number of carbonyl (C=O) groups is 1. The summed E-state index contributed by atoms with van der Waals surface area (Å²) in [5, 5.41) is 0. The van der Waals surface area contributed by atoms with Gasteiger partial charge in [-0.25, -0.2) is 0 Å². The van der Waals surface area contributed by atoms with Gasteiger partial charge in [-0.15, -0.1) is 0 Å². The summed E-state index contributed by atoms with van der Waals surface area (Å²) in [7, 11) is 0. The van der Waals surface area contributed by atoms with Gasteiger partial charge >= 0.3 is 29.6 Å². The molecule has 0 aromatic carbocycles. The molecule has 0 saturated carbocycles. The van der Waals surface area contributed by atoms with Crippen LogP contribution in [0.15, 0.2) is 0 Å². The Morgan fingerprint density at radius 1 is 1.70 bits per heavy atom. The molecule has 0 aromatic rings. The van der Waals surface area contributed by atoms with Crippen LogP contribution in [0.5, 0.6) is 0 Å². The van der Waals surface area contributed by atoms with E-state index in [9.17, 15) is 4.79 Å². The van der Waals surface area contributed by atoms with E-state index < -0.39 is 0 Å². The van der Waals surface area contributed by atoms with Gasteiger partial charge in [0.2, 0.25) is 5.91 Å². The first-order chi connectivity index (χ1) is 4.22. The minimum Gasteiger partial charge on any atom is -0.411 e. The quantitative estimate of drug-likeness (QED) is 0.234. The van der Waals surface area contributed by atoms with E-state index in [2.05, 4.69) is 24.8 Å². The van der Waals surface area contributed by atoms with Gasteiger partial charge in [-0.2, -0.15) is 0 Å². The van der Waals surface area contributed by atoms with Gasteiger partial charge in [0.1, 0.15) is 0 Å². The Bertz CT molecular complexity index is 162. The molecule has 0 N–H and O–H groups in total. The zero-order valence-corrected chi connectivity index (χ0v) is 9.43. The van der Waals surface area contributed by atoms with Crippen LogP contribution in [0.3, 0.4) is 0 Å². The van der Waals surface area contributed by atoms with Gasteiger partial charge < -0.3 is 29.7 Å². The SMILES string of the molecule is O=C1CCCN1C(=S)[S-].[Na+]. The standard InChI is InChI=1S/C5H7NOS2.Na/c7-4-2-1-3-6(4)5(8)9;/h1-3H2,(H,8,9);/q;+1/p-1. The van der Waals surface area contributed by atoms with Crippen LogP contribution in [-0.2, 0) is 17.4 Å². The van der Waals surface area contributed by atoms with Crippen molar-refractivity contribution < 1.29 is 34.4 Å². The third kappa shape index (κ3) is 2.43. The maximum atomic E-state index is 10.8. The second-order valence-corrected chi connectivity index (χ2v) is 2.95. The van der Waals surface area contributed by atoms with Crippen molar-refractivity contribution in [3.63, 3.8) is 0 Å². The molecule has 0 aliphatic carbocycles. The van der Waals surface area contributed by atoms with E-state index in [-0.39, 0.29) is 39.8 Å². The number of thiocarbonyl (C=S) groups is 1. The molecular formula is C5H6NNaOS2. The van der Waals surface area contributed by atoms with E-state index in [0.29, 0.717) is 6.42 Å². The Kier molecular flexibility index (Phi) is 4.98. The third-order valence-corrected chi connectivity index (χ3v) is 1.73. The van der Waals surface area contributed by atoms with Crippen LogP contribution in [0.25, 0.3) is 0 Å². The Balaban J connectivity index is 0.000000810. The van der Waals surface area contributed by atoms with E-state index >= 15 is 0 Å². The zero-order chi connectivity index (χ0) is 6.85. The Morgan fingerprint density at radius 2 is 2.30 bits per heavy atom. The maximum absolute atomic E-state index is 10.8. The average molecular weight is 183 g/mol. The molecule has 1 saturated heterocycles. The number of likely N-dealkylation sites (tertiary alicyclic amines) is 1. The first-order valence-electron chi connectivity index (χ1n) is 2.73. The average Bonchev–Trinajstić information content (AvgIpc) is 2.13. The van der Waals surface area contributed by atoms with Crippen LogP contribution < -0.4 is 29.6 Å². The van der Waals surface area contributed by atoms with Crippen molar-refractivity contribution >= 4 is 35.1 Å². The fourth-order valence-corrected chi connectivity index (χ4v) is 1.23. The molecular weight excluding hydrogens is 177 g/mol.